The molecule has 0 radical (unpaired) electrons. The van der Waals surface area contributed by atoms with E-state index in [2.05, 4.69) is 45.0 Å². The number of aliphatic hydroxyl groups excluding tert-OH is 1. The highest BCUT2D eigenvalue weighted by Crippen LogP contribution is 2.12. The molecule has 0 fully saturated rings. The molecule has 0 aliphatic heterocycles. The van der Waals surface area contributed by atoms with Gasteiger partial charge in [0.1, 0.15) is 0 Å². The van der Waals surface area contributed by atoms with E-state index in [1.807, 2.05) is 0 Å². The van der Waals surface area contributed by atoms with Crippen LogP contribution in [0.15, 0.2) is 24.3 Å². The minimum atomic E-state index is -0.171. The molecule has 1 N–H and O–H groups in total. The fourth-order valence-corrected chi connectivity index (χ4v) is 1.81. The molecule has 0 heterocycles. The van der Waals surface area contributed by atoms with Gasteiger partial charge in [0.25, 0.3) is 0 Å². The van der Waals surface area contributed by atoms with Crippen molar-refractivity contribution in [2.75, 3.05) is 0 Å². The van der Waals surface area contributed by atoms with E-state index in [4.69, 9.17) is 0 Å². The summed E-state index contributed by atoms with van der Waals surface area (Å²) >= 11 is 0. The van der Waals surface area contributed by atoms with E-state index >= 15 is 0 Å². The van der Waals surface area contributed by atoms with Crippen LogP contribution in [0.25, 0.3) is 0 Å². The zero-order valence-corrected chi connectivity index (χ0v) is 10.7. The van der Waals surface area contributed by atoms with Crippen molar-refractivity contribution in [1.82, 2.24) is 0 Å². The van der Waals surface area contributed by atoms with Crippen molar-refractivity contribution in [2.45, 2.75) is 52.6 Å². The Morgan fingerprint density at radius 2 is 1.50 bits per heavy atom. The van der Waals surface area contributed by atoms with Gasteiger partial charge < -0.3 is 5.11 Å². The van der Waals surface area contributed by atoms with Gasteiger partial charge in [-0.25, -0.2) is 0 Å². The molecule has 0 aliphatic carbocycles. The average Bonchev–Trinajstić information content (AvgIpc) is 2.28. The molecule has 1 heteroatoms. The number of aryl methyl sites for hydroxylation is 2. The smallest absolute Gasteiger partial charge is 0.0566 e. The van der Waals surface area contributed by atoms with Crippen LogP contribution in [0.5, 0.6) is 0 Å². The second-order valence-corrected chi connectivity index (χ2v) is 4.92. The van der Waals surface area contributed by atoms with Gasteiger partial charge >= 0.3 is 0 Å². The Bertz CT molecular complexity index is 287. The molecule has 0 bridgehead atoms. The lowest BCUT2D eigenvalue weighted by molar-refractivity contribution is 0.116. The van der Waals surface area contributed by atoms with Crippen LogP contribution < -0.4 is 0 Å². The fourth-order valence-electron chi connectivity index (χ4n) is 1.81. The van der Waals surface area contributed by atoms with Crippen LogP contribution in [0.1, 0.15) is 44.7 Å². The number of rotatable bonds is 6. The number of aliphatic hydroxyl groups is 1. The lowest BCUT2D eigenvalue weighted by Crippen LogP contribution is -2.15. The molecule has 1 atom stereocenters. The van der Waals surface area contributed by atoms with Crippen LogP contribution in [-0.2, 0) is 12.8 Å². The van der Waals surface area contributed by atoms with Crippen molar-refractivity contribution in [3.05, 3.63) is 35.4 Å². The molecule has 1 aromatic rings. The Balaban J connectivity index is 2.43. The third-order valence-corrected chi connectivity index (χ3v) is 3.06. The summed E-state index contributed by atoms with van der Waals surface area (Å²) in [5.41, 5.74) is 2.75. The topological polar surface area (TPSA) is 20.2 Å². The summed E-state index contributed by atoms with van der Waals surface area (Å²) in [6, 6.07) is 8.80. The summed E-state index contributed by atoms with van der Waals surface area (Å²) in [5, 5.41) is 9.73. The van der Waals surface area contributed by atoms with E-state index in [1.54, 1.807) is 0 Å². The molecule has 0 saturated heterocycles. The predicted octanol–water partition coefficient (Wildman–Crippen LogP) is 3.59. The van der Waals surface area contributed by atoms with Gasteiger partial charge in [-0.2, -0.15) is 0 Å². The zero-order chi connectivity index (χ0) is 12.0. The molecule has 1 nitrogen and oxygen atoms in total. The molecule has 1 aromatic carbocycles. The van der Waals surface area contributed by atoms with Gasteiger partial charge in [0, 0.05) is 0 Å². The maximum absolute atomic E-state index is 9.73. The quantitative estimate of drug-likeness (QED) is 0.776. The molecule has 0 amide bonds. The first-order valence-corrected chi connectivity index (χ1v) is 6.39. The van der Waals surface area contributed by atoms with Gasteiger partial charge in [0.05, 0.1) is 6.10 Å². The first-order chi connectivity index (χ1) is 7.63. The lowest BCUT2D eigenvalue weighted by Gasteiger charge is -2.14. The third kappa shape index (κ3) is 4.36. The second kappa shape index (κ2) is 6.70. The Hall–Kier alpha value is -0.820. The van der Waals surface area contributed by atoms with E-state index < -0.39 is 0 Å². The van der Waals surface area contributed by atoms with Crippen LogP contribution in [0.3, 0.4) is 0 Å². The highest BCUT2D eigenvalue weighted by Gasteiger charge is 2.08. The summed E-state index contributed by atoms with van der Waals surface area (Å²) in [6.07, 6.45) is 4.03. The number of hydrogen-bond donors (Lipinski definition) is 1. The average molecular weight is 220 g/mol. The van der Waals surface area contributed by atoms with Crippen LogP contribution >= 0.6 is 0 Å². The summed E-state index contributed by atoms with van der Waals surface area (Å²) < 4.78 is 0. The largest absolute Gasteiger partial charge is 0.393 e. The van der Waals surface area contributed by atoms with Crippen molar-refractivity contribution >= 4 is 0 Å². The summed E-state index contributed by atoms with van der Waals surface area (Å²) in [5.74, 6) is 0.361. The molecular formula is C15H24O. The molecule has 1 rings (SSSR count). The molecule has 0 spiro atoms. The molecule has 16 heavy (non-hydrogen) atoms. The van der Waals surface area contributed by atoms with E-state index in [0.717, 1.165) is 19.3 Å². The highest BCUT2D eigenvalue weighted by atomic mass is 16.3. The summed E-state index contributed by atoms with van der Waals surface area (Å²) in [7, 11) is 0. The van der Waals surface area contributed by atoms with Crippen molar-refractivity contribution in [3.8, 4) is 0 Å². The predicted molar refractivity (Wildman–Crippen MR) is 69.6 cm³/mol. The van der Waals surface area contributed by atoms with Gasteiger partial charge in [0.15, 0.2) is 0 Å². The van der Waals surface area contributed by atoms with Gasteiger partial charge in [0.2, 0.25) is 0 Å². The van der Waals surface area contributed by atoms with Gasteiger partial charge in [-0.3, -0.25) is 0 Å². The Labute approximate surface area is 99.5 Å². The monoisotopic (exact) mass is 220 g/mol. The molecule has 0 aliphatic rings. The molecule has 1 unspecified atom stereocenters. The van der Waals surface area contributed by atoms with Gasteiger partial charge in [-0.15, -0.1) is 0 Å². The second-order valence-electron chi connectivity index (χ2n) is 4.92. The number of hydrogen-bond acceptors (Lipinski definition) is 1. The maximum atomic E-state index is 9.73. The standard InChI is InChI=1S/C15H24O/c1-4-5-13-6-8-14(9-7-13)10-11-15(16)12(2)3/h6-9,12,15-16H,4-5,10-11H2,1-3H3. The first kappa shape index (κ1) is 13.2. The molecular weight excluding hydrogens is 196 g/mol. The SMILES string of the molecule is CCCc1ccc(CCC(O)C(C)C)cc1. The fraction of sp³-hybridized carbons (Fsp3) is 0.600. The van der Waals surface area contributed by atoms with E-state index in [-0.39, 0.29) is 6.10 Å². The van der Waals surface area contributed by atoms with Gasteiger partial charge in [-0.05, 0) is 36.3 Å². The maximum Gasteiger partial charge on any atom is 0.0566 e. The van der Waals surface area contributed by atoms with Crippen LogP contribution in [-0.4, -0.2) is 11.2 Å². The van der Waals surface area contributed by atoms with Crippen molar-refractivity contribution in [1.29, 1.82) is 0 Å². The number of benzene rings is 1. The molecule has 0 aromatic heterocycles. The molecule has 0 saturated carbocycles. The minimum absolute atomic E-state index is 0.171. The van der Waals surface area contributed by atoms with E-state index in [0.29, 0.717) is 5.92 Å². The van der Waals surface area contributed by atoms with Crippen molar-refractivity contribution in [2.24, 2.45) is 5.92 Å². The van der Waals surface area contributed by atoms with E-state index in [1.165, 1.54) is 17.5 Å². The first-order valence-electron chi connectivity index (χ1n) is 6.39. The highest BCUT2D eigenvalue weighted by molar-refractivity contribution is 5.22. The summed E-state index contributed by atoms with van der Waals surface area (Å²) in [6.45, 7) is 6.33. The van der Waals surface area contributed by atoms with Crippen molar-refractivity contribution in [3.63, 3.8) is 0 Å². The normalized spacial score (nSPS) is 13.1. The van der Waals surface area contributed by atoms with Crippen LogP contribution in [0.2, 0.25) is 0 Å². The Morgan fingerprint density at radius 1 is 1.00 bits per heavy atom. The third-order valence-electron chi connectivity index (χ3n) is 3.06. The van der Waals surface area contributed by atoms with Crippen LogP contribution in [0, 0.1) is 5.92 Å². The van der Waals surface area contributed by atoms with Gasteiger partial charge in [-0.1, -0.05) is 51.5 Å². The van der Waals surface area contributed by atoms with Crippen molar-refractivity contribution < 1.29 is 5.11 Å². The Morgan fingerprint density at radius 3 is 1.94 bits per heavy atom. The summed E-state index contributed by atoms with van der Waals surface area (Å²) in [4.78, 5) is 0. The lowest BCUT2D eigenvalue weighted by atomic mass is 9.98. The zero-order valence-electron chi connectivity index (χ0n) is 10.7. The Kier molecular flexibility index (Phi) is 5.54. The van der Waals surface area contributed by atoms with Crippen LogP contribution in [0.4, 0.5) is 0 Å². The molecule has 90 valence electrons. The minimum Gasteiger partial charge on any atom is -0.393 e. The van der Waals surface area contributed by atoms with E-state index in [9.17, 15) is 5.11 Å².